The van der Waals surface area contributed by atoms with Crippen molar-refractivity contribution in [2.75, 3.05) is 5.32 Å². The second-order valence-electron chi connectivity index (χ2n) is 5.53. The maximum absolute atomic E-state index is 12.8. The first-order valence-electron chi connectivity index (χ1n) is 7.27. The maximum Gasteiger partial charge on any atom is 0.197 e. The second-order valence-corrected chi connectivity index (χ2v) is 5.53. The fourth-order valence-electron chi connectivity index (χ4n) is 3.36. The van der Waals surface area contributed by atoms with E-state index in [1.54, 1.807) is 0 Å². The van der Waals surface area contributed by atoms with E-state index in [-0.39, 0.29) is 5.43 Å². The predicted molar refractivity (Wildman–Crippen MR) is 90.3 cm³/mol. The third kappa shape index (κ3) is 1.33. The van der Waals surface area contributed by atoms with Gasteiger partial charge in [0.25, 0.3) is 0 Å². The van der Waals surface area contributed by atoms with E-state index in [1.807, 2.05) is 54.6 Å². The molecule has 22 heavy (non-hydrogen) atoms. The molecule has 1 aliphatic heterocycles. The molecule has 0 bridgehead atoms. The van der Waals surface area contributed by atoms with Crippen LogP contribution >= 0.6 is 0 Å². The predicted octanol–water partition coefficient (Wildman–Crippen LogP) is 4.20. The molecule has 1 aromatic heterocycles. The highest BCUT2D eigenvalue weighted by Crippen LogP contribution is 2.37. The van der Waals surface area contributed by atoms with Gasteiger partial charge < -0.3 is 9.88 Å². The summed E-state index contributed by atoms with van der Waals surface area (Å²) < 4.78 is 2.19. The van der Waals surface area contributed by atoms with Crippen LogP contribution in [0.1, 0.15) is 0 Å². The summed E-state index contributed by atoms with van der Waals surface area (Å²) in [6, 6.07) is 21.8. The van der Waals surface area contributed by atoms with E-state index in [0.29, 0.717) is 0 Å². The molecule has 0 radical (unpaired) electrons. The minimum atomic E-state index is 0.0879. The fourth-order valence-corrected chi connectivity index (χ4v) is 3.36. The number of nitrogens with one attached hydrogen (secondary N) is 1. The van der Waals surface area contributed by atoms with Crippen molar-refractivity contribution in [1.82, 2.24) is 4.57 Å². The van der Waals surface area contributed by atoms with Crippen LogP contribution in [0.25, 0.3) is 27.5 Å². The Hall–Kier alpha value is -3.07. The SMILES string of the molecule is O=c1c2ccccc2n2c3c(cccc13)Nc1ccccc1-2. The largest absolute Gasteiger partial charge is 0.352 e. The molecular formula is C19H12N2O. The van der Waals surface area contributed by atoms with Crippen molar-refractivity contribution in [2.45, 2.75) is 0 Å². The lowest BCUT2D eigenvalue weighted by molar-refractivity contribution is 1.14. The van der Waals surface area contributed by atoms with E-state index < -0.39 is 0 Å². The number of aromatic nitrogens is 1. The zero-order valence-corrected chi connectivity index (χ0v) is 11.7. The van der Waals surface area contributed by atoms with Crippen molar-refractivity contribution in [3.8, 4) is 5.69 Å². The van der Waals surface area contributed by atoms with Gasteiger partial charge in [-0.3, -0.25) is 4.79 Å². The number of pyridine rings is 1. The summed E-state index contributed by atoms with van der Waals surface area (Å²) in [6.07, 6.45) is 0. The third-order valence-corrected chi connectivity index (χ3v) is 4.31. The van der Waals surface area contributed by atoms with Gasteiger partial charge in [-0.25, -0.2) is 0 Å². The molecule has 0 unspecified atom stereocenters. The number of anilines is 2. The normalized spacial score (nSPS) is 12.2. The lowest BCUT2D eigenvalue weighted by Crippen LogP contribution is -2.15. The molecule has 0 amide bonds. The van der Waals surface area contributed by atoms with Gasteiger partial charge >= 0.3 is 0 Å². The van der Waals surface area contributed by atoms with Crippen molar-refractivity contribution in [2.24, 2.45) is 0 Å². The van der Waals surface area contributed by atoms with Crippen molar-refractivity contribution in [3.05, 3.63) is 77.0 Å². The van der Waals surface area contributed by atoms with Crippen LogP contribution in [0.2, 0.25) is 0 Å². The van der Waals surface area contributed by atoms with Gasteiger partial charge in [0.1, 0.15) is 0 Å². The van der Waals surface area contributed by atoms with Crippen LogP contribution in [-0.4, -0.2) is 4.57 Å². The molecule has 0 fully saturated rings. The Morgan fingerprint density at radius 3 is 2.41 bits per heavy atom. The average Bonchev–Trinajstić information content (AvgIpc) is 2.58. The lowest BCUT2D eigenvalue weighted by Gasteiger charge is -2.25. The first kappa shape index (κ1) is 11.6. The monoisotopic (exact) mass is 284 g/mol. The van der Waals surface area contributed by atoms with Crippen LogP contribution in [0.15, 0.2) is 71.5 Å². The first-order chi connectivity index (χ1) is 10.8. The molecule has 3 heteroatoms. The molecule has 0 atom stereocenters. The van der Waals surface area contributed by atoms with Gasteiger partial charge in [-0.2, -0.15) is 0 Å². The molecule has 2 heterocycles. The number of nitrogens with zero attached hydrogens (tertiary/aromatic N) is 1. The molecule has 5 rings (SSSR count). The highest BCUT2D eigenvalue weighted by atomic mass is 16.1. The minimum absolute atomic E-state index is 0.0879. The molecule has 0 saturated carbocycles. The summed E-state index contributed by atoms with van der Waals surface area (Å²) >= 11 is 0. The van der Waals surface area contributed by atoms with Gasteiger partial charge in [0, 0.05) is 10.8 Å². The Kier molecular flexibility index (Phi) is 2.09. The zero-order chi connectivity index (χ0) is 14.7. The van der Waals surface area contributed by atoms with Crippen molar-refractivity contribution in [3.63, 3.8) is 0 Å². The van der Waals surface area contributed by atoms with Crippen LogP contribution in [0.5, 0.6) is 0 Å². The second kappa shape index (κ2) is 3.98. The van der Waals surface area contributed by atoms with Crippen LogP contribution < -0.4 is 10.7 Å². The minimum Gasteiger partial charge on any atom is -0.352 e. The number of hydrogen-bond acceptors (Lipinski definition) is 2. The number of fused-ring (bicyclic) bond motifs is 4. The van der Waals surface area contributed by atoms with Crippen LogP contribution in [-0.2, 0) is 0 Å². The fraction of sp³-hybridized carbons (Fsp3) is 0. The summed E-state index contributed by atoms with van der Waals surface area (Å²) in [6.45, 7) is 0. The van der Waals surface area contributed by atoms with Crippen LogP contribution in [0, 0.1) is 0 Å². The lowest BCUT2D eigenvalue weighted by atomic mass is 10.0. The van der Waals surface area contributed by atoms with E-state index in [0.717, 1.165) is 38.9 Å². The summed E-state index contributed by atoms with van der Waals surface area (Å²) in [4.78, 5) is 12.8. The first-order valence-corrected chi connectivity index (χ1v) is 7.27. The summed E-state index contributed by atoms with van der Waals surface area (Å²) in [7, 11) is 0. The number of rotatable bonds is 0. The Labute approximate surface area is 126 Å². The Morgan fingerprint density at radius 2 is 1.45 bits per heavy atom. The summed E-state index contributed by atoms with van der Waals surface area (Å²) in [5.41, 5.74) is 5.08. The van der Waals surface area contributed by atoms with E-state index in [9.17, 15) is 4.79 Å². The molecule has 1 N–H and O–H groups in total. The quantitative estimate of drug-likeness (QED) is 0.432. The molecule has 0 aliphatic carbocycles. The molecular weight excluding hydrogens is 272 g/mol. The topological polar surface area (TPSA) is 34.0 Å². The van der Waals surface area contributed by atoms with E-state index in [2.05, 4.69) is 22.0 Å². The highest BCUT2D eigenvalue weighted by Gasteiger charge is 2.20. The summed E-state index contributed by atoms with van der Waals surface area (Å²) in [5.74, 6) is 0. The Balaban J connectivity index is 2.16. The van der Waals surface area contributed by atoms with Crippen molar-refractivity contribution in [1.29, 1.82) is 0 Å². The van der Waals surface area contributed by atoms with Crippen molar-refractivity contribution < 1.29 is 0 Å². The van der Waals surface area contributed by atoms with Gasteiger partial charge in [-0.05, 0) is 36.4 Å². The van der Waals surface area contributed by atoms with Gasteiger partial charge in [0.2, 0.25) is 0 Å². The van der Waals surface area contributed by atoms with Crippen LogP contribution in [0.3, 0.4) is 0 Å². The maximum atomic E-state index is 12.8. The molecule has 3 aromatic carbocycles. The van der Waals surface area contributed by atoms with Crippen molar-refractivity contribution >= 4 is 33.2 Å². The number of benzene rings is 3. The zero-order valence-electron chi connectivity index (χ0n) is 11.7. The average molecular weight is 284 g/mol. The third-order valence-electron chi connectivity index (χ3n) is 4.31. The molecule has 104 valence electrons. The van der Waals surface area contributed by atoms with Crippen LogP contribution in [0.4, 0.5) is 11.4 Å². The van der Waals surface area contributed by atoms with Gasteiger partial charge in [-0.15, -0.1) is 0 Å². The van der Waals surface area contributed by atoms with Gasteiger partial charge in [-0.1, -0.05) is 30.3 Å². The van der Waals surface area contributed by atoms with Gasteiger partial charge in [0.05, 0.1) is 28.1 Å². The highest BCUT2D eigenvalue weighted by molar-refractivity contribution is 6.04. The molecule has 1 aliphatic rings. The molecule has 4 aromatic rings. The molecule has 0 spiro atoms. The van der Waals surface area contributed by atoms with Gasteiger partial charge in [0.15, 0.2) is 5.43 Å². The van der Waals surface area contributed by atoms with E-state index in [4.69, 9.17) is 0 Å². The smallest absolute Gasteiger partial charge is 0.197 e. The molecule has 3 nitrogen and oxygen atoms in total. The van der Waals surface area contributed by atoms with E-state index >= 15 is 0 Å². The summed E-state index contributed by atoms with van der Waals surface area (Å²) in [5, 5.41) is 4.94. The Bertz CT molecular complexity index is 1130. The number of hydrogen-bond donors (Lipinski definition) is 1. The standard InChI is InChI=1S/C19H12N2O/c22-19-12-6-1-3-10-16(12)21-17-11-4-2-8-14(17)20-15-9-5-7-13(19)18(15)21/h1-11,20H. The Morgan fingerprint density at radius 1 is 0.727 bits per heavy atom. The molecule has 0 saturated heterocycles. The number of para-hydroxylation sites is 4. The van der Waals surface area contributed by atoms with E-state index in [1.165, 1.54) is 0 Å².